The molecule has 2 aromatic carbocycles. The minimum absolute atomic E-state index is 0.175. The lowest BCUT2D eigenvalue weighted by Crippen LogP contribution is -2.29. The second kappa shape index (κ2) is 8.00. The number of aryl methyl sites for hydroxylation is 1. The molecule has 0 atom stereocenters. The van der Waals surface area contributed by atoms with E-state index >= 15 is 0 Å². The summed E-state index contributed by atoms with van der Waals surface area (Å²) in [4.78, 5) is 14.7. The highest BCUT2D eigenvalue weighted by Crippen LogP contribution is 2.24. The number of rotatable bonds is 5. The summed E-state index contributed by atoms with van der Waals surface area (Å²) in [5.74, 6) is -0.217. The summed E-state index contributed by atoms with van der Waals surface area (Å²) in [6, 6.07) is 12.1. The van der Waals surface area contributed by atoms with E-state index in [4.69, 9.17) is 11.6 Å². The van der Waals surface area contributed by atoms with Gasteiger partial charge >= 0.3 is 0 Å². The van der Waals surface area contributed by atoms with Crippen LogP contribution >= 0.6 is 11.6 Å². The number of benzene rings is 2. The highest BCUT2D eigenvalue weighted by Gasteiger charge is 2.28. The molecule has 1 heterocycles. The van der Waals surface area contributed by atoms with Gasteiger partial charge in [0.1, 0.15) is 0 Å². The SMILES string of the molecule is Cc1ccc(S(=O)(=O)N2CCCC2)cc1C(=O)N(C)Cc1cccc(Cl)c1. The molecule has 0 unspecified atom stereocenters. The van der Waals surface area contributed by atoms with Crippen molar-refractivity contribution in [3.8, 4) is 0 Å². The molecule has 0 aromatic heterocycles. The van der Waals surface area contributed by atoms with Gasteiger partial charge in [-0.3, -0.25) is 4.79 Å². The van der Waals surface area contributed by atoms with Crippen molar-refractivity contribution in [1.82, 2.24) is 9.21 Å². The van der Waals surface area contributed by atoms with Gasteiger partial charge in [0.25, 0.3) is 5.91 Å². The van der Waals surface area contributed by atoms with Crippen molar-refractivity contribution in [2.75, 3.05) is 20.1 Å². The van der Waals surface area contributed by atoms with Gasteiger partial charge in [0, 0.05) is 37.3 Å². The van der Waals surface area contributed by atoms with E-state index in [1.807, 2.05) is 25.1 Å². The molecule has 0 radical (unpaired) electrons. The zero-order chi connectivity index (χ0) is 19.6. The third-order valence-electron chi connectivity index (χ3n) is 4.80. The highest BCUT2D eigenvalue weighted by molar-refractivity contribution is 7.89. The summed E-state index contributed by atoms with van der Waals surface area (Å²) in [5.41, 5.74) is 2.06. The van der Waals surface area contributed by atoms with Crippen molar-refractivity contribution in [1.29, 1.82) is 0 Å². The first-order valence-corrected chi connectivity index (χ1v) is 10.7. The van der Waals surface area contributed by atoms with Gasteiger partial charge in [-0.1, -0.05) is 29.8 Å². The molecule has 1 amide bonds. The largest absolute Gasteiger partial charge is 0.337 e. The average Bonchev–Trinajstić information content (AvgIpc) is 3.17. The number of hydrogen-bond acceptors (Lipinski definition) is 3. The first kappa shape index (κ1) is 19.9. The number of sulfonamides is 1. The first-order chi connectivity index (χ1) is 12.8. The maximum Gasteiger partial charge on any atom is 0.254 e. The van der Waals surface area contributed by atoms with Crippen LogP contribution in [0.1, 0.15) is 34.3 Å². The lowest BCUT2D eigenvalue weighted by molar-refractivity contribution is 0.0784. The Morgan fingerprint density at radius 3 is 2.52 bits per heavy atom. The Bertz CT molecular complexity index is 953. The quantitative estimate of drug-likeness (QED) is 0.760. The third kappa shape index (κ3) is 4.34. The van der Waals surface area contributed by atoms with E-state index in [-0.39, 0.29) is 10.8 Å². The molecule has 0 bridgehead atoms. The van der Waals surface area contributed by atoms with Crippen LogP contribution in [-0.2, 0) is 16.6 Å². The molecule has 7 heteroatoms. The molecule has 1 aliphatic rings. The van der Waals surface area contributed by atoms with Crippen LogP contribution in [-0.4, -0.2) is 43.7 Å². The number of hydrogen-bond donors (Lipinski definition) is 0. The Kier molecular flexibility index (Phi) is 5.89. The molecule has 3 rings (SSSR count). The van der Waals surface area contributed by atoms with Gasteiger partial charge in [-0.2, -0.15) is 4.31 Å². The molecular formula is C20H23ClN2O3S. The maximum absolute atomic E-state index is 12.9. The number of nitrogens with zero attached hydrogens (tertiary/aromatic N) is 2. The molecule has 0 saturated carbocycles. The predicted octanol–water partition coefficient (Wildman–Crippen LogP) is 3.71. The van der Waals surface area contributed by atoms with Gasteiger partial charge in [0.2, 0.25) is 10.0 Å². The van der Waals surface area contributed by atoms with Crippen molar-refractivity contribution in [3.63, 3.8) is 0 Å². The van der Waals surface area contributed by atoms with Gasteiger partial charge in [-0.05, 0) is 55.2 Å². The van der Waals surface area contributed by atoms with Crippen LogP contribution in [0.2, 0.25) is 5.02 Å². The second-order valence-electron chi connectivity index (χ2n) is 6.88. The Hall–Kier alpha value is -1.89. The second-order valence-corrected chi connectivity index (χ2v) is 9.25. The van der Waals surface area contributed by atoms with Crippen molar-refractivity contribution in [2.45, 2.75) is 31.2 Å². The van der Waals surface area contributed by atoms with Crippen LogP contribution < -0.4 is 0 Å². The zero-order valence-corrected chi connectivity index (χ0v) is 17.1. The van der Waals surface area contributed by atoms with Crippen molar-refractivity contribution in [3.05, 3.63) is 64.2 Å². The molecule has 0 spiro atoms. The van der Waals surface area contributed by atoms with Crippen molar-refractivity contribution >= 4 is 27.5 Å². The minimum atomic E-state index is -3.56. The van der Waals surface area contributed by atoms with Crippen LogP contribution in [0.25, 0.3) is 0 Å². The molecule has 27 heavy (non-hydrogen) atoms. The standard InChI is InChI=1S/C20H23ClN2O3S/c1-15-8-9-18(27(25,26)23-10-3-4-11-23)13-19(15)20(24)22(2)14-16-6-5-7-17(21)12-16/h5-9,12-13H,3-4,10-11,14H2,1-2H3. The fourth-order valence-electron chi connectivity index (χ4n) is 3.26. The molecule has 1 fully saturated rings. The minimum Gasteiger partial charge on any atom is -0.337 e. The van der Waals surface area contributed by atoms with E-state index < -0.39 is 10.0 Å². The van der Waals surface area contributed by atoms with Gasteiger partial charge in [-0.15, -0.1) is 0 Å². The van der Waals surface area contributed by atoms with Gasteiger partial charge in [0.15, 0.2) is 0 Å². The molecule has 0 aliphatic carbocycles. The summed E-state index contributed by atoms with van der Waals surface area (Å²) in [6.45, 7) is 3.27. The number of amides is 1. The Labute approximate surface area is 165 Å². The summed E-state index contributed by atoms with van der Waals surface area (Å²) in [6.07, 6.45) is 1.75. The van der Waals surface area contributed by atoms with Crippen LogP contribution in [0, 0.1) is 6.92 Å². The maximum atomic E-state index is 12.9. The first-order valence-electron chi connectivity index (χ1n) is 8.90. The van der Waals surface area contributed by atoms with E-state index in [2.05, 4.69) is 0 Å². The summed E-state index contributed by atoms with van der Waals surface area (Å²) in [5, 5.41) is 0.614. The molecule has 1 saturated heterocycles. The molecule has 1 aliphatic heterocycles. The normalized spacial score (nSPS) is 15.1. The predicted molar refractivity (Wildman–Crippen MR) is 106 cm³/mol. The Morgan fingerprint density at radius 1 is 1.15 bits per heavy atom. The Balaban J connectivity index is 1.86. The topological polar surface area (TPSA) is 57.7 Å². The number of halogens is 1. The van der Waals surface area contributed by atoms with Gasteiger partial charge in [-0.25, -0.2) is 8.42 Å². The van der Waals surface area contributed by atoms with Crippen LogP contribution in [0.3, 0.4) is 0 Å². The lowest BCUT2D eigenvalue weighted by atomic mass is 10.1. The summed E-state index contributed by atoms with van der Waals surface area (Å²) < 4.78 is 27.1. The number of carbonyl (C=O) groups is 1. The van der Waals surface area contributed by atoms with E-state index in [9.17, 15) is 13.2 Å². The summed E-state index contributed by atoms with van der Waals surface area (Å²) in [7, 11) is -1.86. The zero-order valence-electron chi connectivity index (χ0n) is 15.5. The van der Waals surface area contributed by atoms with Gasteiger partial charge < -0.3 is 4.90 Å². The monoisotopic (exact) mass is 406 g/mol. The van der Waals surface area contributed by atoms with E-state index in [1.54, 1.807) is 30.1 Å². The average molecular weight is 407 g/mol. The Morgan fingerprint density at radius 2 is 1.85 bits per heavy atom. The molecule has 144 valence electrons. The van der Waals surface area contributed by atoms with Gasteiger partial charge in [0.05, 0.1) is 4.90 Å². The highest BCUT2D eigenvalue weighted by atomic mass is 35.5. The molecule has 0 N–H and O–H groups in total. The summed E-state index contributed by atoms with van der Waals surface area (Å²) >= 11 is 6.01. The van der Waals surface area contributed by atoms with Crippen LogP contribution in [0.15, 0.2) is 47.4 Å². The fraction of sp³-hybridized carbons (Fsp3) is 0.350. The smallest absolute Gasteiger partial charge is 0.254 e. The molecule has 2 aromatic rings. The lowest BCUT2D eigenvalue weighted by Gasteiger charge is -2.20. The van der Waals surface area contributed by atoms with Crippen LogP contribution in [0.4, 0.5) is 0 Å². The van der Waals surface area contributed by atoms with Crippen molar-refractivity contribution in [2.24, 2.45) is 0 Å². The molecular weight excluding hydrogens is 384 g/mol. The fourth-order valence-corrected chi connectivity index (χ4v) is 5.01. The van der Waals surface area contributed by atoms with E-state index in [1.165, 1.54) is 10.4 Å². The van der Waals surface area contributed by atoms with Crippen molar-refractivity contribution < 1.29 is 13.2 Å². The number of carbonyl (C=O) groups excluding carboxylic acids is 1. The van der Waals surface area contributed by atoms with E-state index in [0.29, 0.717) is 30.2 Å². The van der Waals surface area contributed by atoms with E-state index in [0.717, 1.165) is 24.0 Å². The van der Waals surface area contributed by atoms with Crippen LogP contribution in [0.5, 0.6) is 0 Å². The third-order valence-corrected chi connectivity index (χ3v) is 6.93. The molecule has 5 nitrogen and oxygen atoms in total.